The number of hydrogen-bond donors (Lipinski definition) is 1. The number of nitrogens with one attached hydrogen (secondary N) is 1. The smallest absolute Gasteiger partial charge is 0.406 e. The van der Waals surface area contributed by atoms with Crippen LogP contribution >= 0.6 is 0 Å². The average Bonchev–Trinajstić information content (AvgIpc) is 2.46. The van der Waals surface area contributed by atoms with Crippen molar-refractivity contribution in [3.63, 3.8) is 0 Å². The molecule has 1 saturated heterocycles. The van der Waals surface area contributed by atoms with E-state index in [9.17, 15) is 18.0 Å². The van der Waals surface area contributed by atoms with Crippen molar-refractivity contribution in [2.45, 2.75) is 38.2 Å². The fourth-order valence-electron chi connectivity index (χ4n) is 2.52. The third-order valence-electron chi connectivity index (χ3n) is 3.54. The van der Waals surface area contributed by atoms with Crippen molar-refractivity contribution in [2.75, 3.05) is 13.6 Å². The first kappa shape index (κ1) is 16.6. The summed E-state index contributed by atoms with van der Waals surface area (Å²) < 4.78 is 40.5. The molecule has 1 fully saturated rings. The van der Waals surface area contributed by atoms with Crippen LogP contribution in [0.1, 0.15) is 24.8 Å². The Hall–Kier alpha value is -1.76. The molecule has 2 rings (SSSR count). The zero-order valence-corrected chi connectivity index (χ0v) is 12.3. The van der Waals surface area contributed by atoms with Crippen LogP contribution in [0.4, 0.5) is 13.2 Å². The SMILES string of the molecule is CN(Cc1cccc(OC(F)(F)F)c1)C(=O)C1CCCCN1. The van der Waals surface area contributed by atoms with Crippen LogP contribution in [-0.4, -0.2) is 36.8 Å². The van der Waals surface area contributed by atoms with E-state index in [-0.39, 0.29) is 24.2 Å². The van der Waals surface area contributed by atoms with Gasteiger partial charge in [0.2, 0.25) is 5.91 Å². The van der Waals surface area contributed by atoms with Gasteiger partial charge in [-0.15, -0.1) is 13.2 Å². The third-order valence-corrected chi connectivity index (χ3v) is 3.54. The Kier molecular flexibility index (Phi) is 5.28. The van der Waals surface area contributed by atoms with E-state index in [4.69, 9.17) is 0 Å². The zero-order chi connectivity index (χ0) is 16.2. The largest absolute Gasteiger partial charge is 0.573 e. The van der Waals surface area contributed by atoms with E-state index in [2.05, 4.69) is 10.1 Å². The van der Waals surface area contributed by atoms with E-state index in [0.717, 1.165) is 25.8 Å². The number of likely N-dealkylation sites (N-methyl/N-ethyl adjacent to an activating group) is 1. The van der Waals surface area contributed by atoms with Gasteiger partial charge >= 0.3 is 6.36 Å². The Morgan fingerprint density at radius 2 is 2.18 bits per heavy atom. The van der Waals surface area contributed by atoms with E-state index < -0.39 is 6.36 Å². The van der Waals surface area contributed by atoms with E-state index in [1.54, 1.807) is 13.1 Å². The summed E-state index contributed by atoms with van der Waals surface area (Å²) >= 11 is 0. The molecule has 0 spiro atoms. The van der Waals surface area contributed by atoms with Gasteiger partial charge in [-0.1, -0.05) is 18.6 Å². The molecule has 0 saturated carbocycles. The number of ether oxygens (including phenoxy) is 1. The fourth-order valence-corrected chi connectivity index (χ4v) is 2.52. The van der Waals surface area contributed by atoms with Crippen molar-refractivity contribution < 1.29 is 22.7 Å². The number of hydrogen-bond acceptors (Lipinski definition) is 3. The Labute approximate surface area is 127 Å². The first-order valence-corrected chi connectivity index (χ1v) is 7.18. The van der Waals surface area contributed by atoms with Crippen molar-refractivity contribution in [1.82, 2.24) is 10.2 Å². The van der Waals surface area contributed by atoms with Gasteiger partial charge in [0.15, 0.2) is 0 Å². The second-order valence-electron chi connectivity index (χ2n) is 5.39. The lowest BCUT2D eigenvalue weighted by molar-refractivity contribution is -0.274. The van der Waals surface area contributed by atoms with Crippen LogP contribution in [0.2, 0.25) is 0 Å². The molecule has 1 amide bonds. The molecule has 0 aromatic heterocycles. The molecule has 1 aliphatic heterocycles. The Morgan fingerprint density at radius 1 is 1.41 bits per heavy atom. The predicted molar refractivity (Wildman–Crippen MR) is 75.2 cm³/mol. The van der Waals surface area contributed by atoms with Crippen LogP contribution in [0.15, 0.2) is 24.3 Å². The van der Waals surface area contributed by atoms with Gasteiger partial charge in [-0.2, -0.15) is 0 Å². The number of nitrogens with zero attached hydrogens (tertiary/aromatic N) is 1. The van der Waals surface area contributed by atoms with Gasteiger partial charge in [-0.25, -0.2) is 0 Å². The molecule has 1 atom stereocenters. The summed E-state index contributed by atoms with van der Waals surface area (Å²) in [5, 5.41) is 3.16. The van der Waals surface area contributed by atoms with E-state index in [1.165, 1.54) is 23.1 Å². The van der Waals surface area contributed by atoms with Gasteiger partial charge < -0.3 is 15.0 Å². The molecule has 1 aromatic rings. The Bertz CT molecular complexity index is 514. The summed E-state index contributed by atoms with van der Waals surface area (Å²) in [6, 6.07) is 5.48. The minimum absolute atomic E-state index is 0.0400. The predicted octanol–water partition coefficient (Wildman–Crippen LogP) is 2.69. The molecule has 1 aromatic carbocycles. The first-order chi connectivity index (χ1) is 10.3. The maximum Gasteiger partial charge on any atom is 0.573 e. The van der Waals surface area contributed by atoms with Crippen LogP contribution in [0.5, 0.6) is 5.75 Å². The summed E-state index contributed by atoms with van der Waals surface area (Å²) in [6.07, 6.45) is -1.86. The van der Waals surface area contributed by atoms with E-state index in [1.807, 2.05) is 0 Å². The molecule has 7 heteroatoms. The lowest BCUT2D eigenvalue weighted by Crippen LogP contribution is -2.46. The van der Waals surface area contributed by atoms with Crippen molar-refractivity contribution in [3.8, 4) is 5.75 Å². The van der Waals surface area contributed by atoms with Crippen LogP contribution in [0, 0.1) is 0 Å². The number of alkyl halides is 3. The highest BCUT2D eigenvalue weighted by molar-refractivity contribution is 5.81. The Morgan fingerprint density at radius 3 is 2.82 bits per heavy atom. The summed E-state index contributed by atoms with van der Waals surface area (Å²) in [5.74, 6) is -0.316. The maximum absolute atomic E-state index is 12.3. The minimum atomic E-state index is -4.72. The molecule has 1 unspecified atom stereocenters. The highest BCUT2D eigenvalue weighted by Gasteiger charge is 2.31. The number of carbonyl (C=O) groups excluding carboxylic acids is 1. The maximum atomic E-state index is 12.3. The molecule has 1 heterocycles. The number of benzene rings is 1. The zero-order valence-electron chi connectivity index (χ0n) is 12.3. The molecule has 122 valence electrons. The first-order valence-electron chi connectivity index (χ1n) is 7.18. The molecule has 1 N–H and O–H groups in total. The lowest BCUT2D eigenvalue weighted by Gasteiger charge is -2.27. The van der Waals surface area contributed by atoms with Crippen LogP contribution < -0.4 is 10.1 Å². The van der Waals surface area contributed by atoms with Gasteiger partial charge in [0.25, 0.3) is 0 Å². The number of amides is 1. The quantitative estimate of drug-likeness (QED) is 0.928. The molecule has 4 nitrogen and oxygen atoms in total. The molecule has 22 heavy (non-hydrogen) atoms. The second-order valence-corrected chi connectivity index (χ2v) is 5.39. The van der Waals surface area contributed by atoms with E-state index >= 15 is 0 Å². The number of piperidine rings is 1. The van der Waals surface area contributed by atoms with Crippen LogP contribution in [-0.2, 0) is 11.3 Å². The fraction of sp³-hybridized carbons (Fsp3) is 0.533. The van der Waals surface area contributed by atoms with Crippen molar-refractivity contribution in [2.24, 2.45) is 0 Å². The number of halogens is 3. The molecule has 0 bridgehead atoms. The van der Waals surface area contributed by atoms with Gasteiger partial charge in [-0.3, -0.25) is 4.79 Å². The molecule has 1 aliphatic rings. The standard InChI is InChI=1S/C15H19F3N2O2/c1-20(14(21)13-7-2-3-8-19-13)10-11-5-4-6-12(9-11)22-15(16,17)18/h4-6,9,13,19H,2-3,7-8,10H2,1H3. The molecular weight excluding hydrogens is 297 g/mol. The molecule has 0 aliphatic carbocycles. The van der Waals surface area contributed by atoms with Gasteiger partial charge in [0.1, 0.15) is 5.75 Å². The minimum Gasteiger partial charge on any atom is -0.406 e. The second kappa shape index (κ2) is 7.00. The summed E-state index contributed by atoms with van der Waals surface area (Å²) in [6.45, 7) is 1.06. The average molecular weight is 316 g/mol. The van der Waals surface area contributed by atoms with Crippen molar-refractivity contribution in [1.29, 1.82) is 0 Å². The lowest BCUT2D eigenvalue weighted by atomic mass is 10.0. The summed E-state index contributed by atoms with van der Waals surface area (Å²) in [7, 11) is 1.65. The van der Waals surface area contributed by atoms with Crippen molar-refractivity contribution >= 4 is 5.91 Å². The molecular formula is C15H19F3N2O2. The van der Waals surface area contributed by atoms with Crippen LogP contribution in [0.25, 0.3) is 0 Å². The number of rotatable bonds is 4. The van der Waals surface area contributed by atoms with Gasteiger partial charge in [0.05, 0.1) is 6.04 Å². The highest BCUT2D eigenvalue weighted by Crippen LogP contribution is 2.23. The topological polar surface area (TPSA) is 41.6 Å². The van der Waals surface area contributed by atoms with E-state index in [0.29, 0.717) is 5.56 Å². The summed E-state index contributed by atoms with van der Waals surface area (Å²) in [5.41, 5.74) is 0.591. The normalized spacial score (nSPS) is 18.8. The number of carbonyl (C=O) groups is 1. The monoisotopic (exact) mass is 316 g/mol. The van der Waals surface area contributed by atoms with Gasteiger partial charge in [-0.05, 0) is 37.1 Å². The van der Waals surface area contributed by atoms with Crippen molar-refractivity contribution in [3.05, 3.63) is 29.8 Å². The molecule has 0 radical (unpaired) electrons. The Balaban J connectivity index is 1.97. The van der Waals surface area contributed by atoms with Gasteiger partial charge in [0, 0.05) is 13.6 Å². The van der Waals surface area contributed by atoms with Crippen LogP contribution in [0.3, 0.4) is 0 Å². The highest BCUT2D eigenvalue weighted by atomic mass is 19.4. The third kappa shape index (κ3) is 4.91. The summed E-state index contributed by atoms with van der Waals surface area (Å²) in [4.78, 5) is 13.8.